The molecular weight excluding hydrogens is 326 g/mol. The zero-order valence-electron chi connectivity index (χ0n) is 12.9. The zero-order chi connectivity index (χ0) is 16.9. The topological polar surface area (TPSA) is 74.5 Å². The predicted octanol–water partition coefficient (Wildman–Crippen LogP) is 2.87. The monoisotopic (exact) mass is 341 g/mol. The van der Waals surface area contributed by atoms with Crippen molar-refractivity contribution in [2.24, 2.45) is 10.2 Å². The van der Waals surface area contributed by atoms with E-state index in [0.717, 1.165) is 0 Å². The predicted molar refractivity (Wildman–Crippen MR) is 96.1 cm³/mol. The molecule has 1 aliphatic rings. The molecule has 1 aliphatic heterocycles. The minimum atomic E-state index is -0.0824. The molecule has 0 aromatic heterocycles. The van der Waals surface area contributed by atoms with Crippen molar-refractivity contribution in [2.45, 2.75) is 0 Å². The Labute approximate surface area is 143 Å². The molecule has 122 valence electrons. The highest BCUT2D eigenvalue weighted by Crippen LogP contribution is 2.33. The van der Waals surface area contributed by atoms with Crippen molar-refractivity contribution in [1.82, 2.24) is 0 Å². The molecular formula is C17H15N3O3S. The van der Waals surface area contributed by atoms with Gasteiger partial charge in [-0.25, -0.2) is 0 Å². The van der Waals surface area contributed by atoms with Gasteiger partial charge in [-0.3, -0.25) is 9.69 Å². The first-order valence-electron chi connectivity index (χ1n) is 7.18. The molecule has 0 spiro atoms. The number of anilines is 1. The van der Waals surface area contributed by atoms with E-state index < -0.39 is 0 Å². The second-order valence-electron chi connectivity index (χ2n) is 4.88. The fourth-order valence-electron chi connectivity index (χ4n) is 2.22. The van der Waals surface area contributed by atoms with E-state index >= 15 is 0 Å². The Morgan fingerprint density at radius 3 is 2.75 bits per heavy atom. The number of amidine groups is 1. The number of phenolic OH excluding ortho intramolecular Hbond substituents is 1. The van der Waals surface area contributed by atoms with E-state index in [2.05, 4.69) is 10.2 Å². The number of carbonyl (C=O) groups excluding carboxylic acids is 1. The lowest BCUT2D eigenvalue weighted by atomic mass is 10.2. The largest absolute Gasteiger partial charge is 0.507 e. The fraction of sp³-hybridized carbons (Fsp3) is 0.118. The van der Waals surface area contributed by atoms with Crippen molar-refractivity contribution >= 4 is 34.7 Å². The van der Waals surface area contributed by atoms with E-state index in [0.29, 0.717) is 27.9 Å². The quantitative estimate of drug-likeness (QED) is 0.685. The third-order valence-electron chi connectivity index (χ3n) is 3.37. The molecule has 1 saturated heterocycles. The minimum absolute atomic E-state index is 0.0824. The molecule has 1 fully saturated rings. The number of nitrogens with zero attached hydrogens (tertiary/aromatic N) is 3. The molecule has 7 heteroatoms. The molecule has 6 nitrogen and oxygen atoms in total. The molecule has 0 radical (unpaired) electrons. The van der Waals surface area contributed by atoms with Gasteiger partial charge in [-0.2, -0.15) is 5.10 Å². The number of thioether (sulfide) groups is 1. The van der Waals surface area contributed by atoms with Crippen LogP contribution in [0.2, 0.25) is 0 Å². The number of aromatic hydroxyl groups is 1. The van der Waals surface area contributed by atoms with Gasteiger partial charge in [0.1, 0.15) is 11.5 Å². The van der Waals surface area contributed by atoms with E-state index in [9.17, 15) is 9.90 Å². The van der Waals surface area contributed by atoms with Crippen molar-refractivity contribution in [3.63, 3.8) is 0 Å². The Morgan fingerprint density at radius 1 is 1.21 bits per heavy atom. The van der Waals surface area contributed by atoms with Crippen LogP contribution in [-0.2, 0) is 4.79 Å². The Hall–Kier alpha value is -2.80. The molecule has 2 aromatic rings. The van der Waals surface area contributed by atoms with Gasteiger partial charge < -0.3 is 9.84 Å². The van der Waals surface area contributed by atoms with Crippen LogP contribution in [0.15, 0.2) is 58.7 Å². The summed E-state index contributed by atoms with van der Waals surface area (Å²) in [4.78, 5) is 13.7. The normalized spacial score (nSPS) is 16.3. The molecule has 1 heterocycles. The molecule has 2 aromatic carbocycles. The van der Waals surface area contributed by atoms with Crippen LogP contribution < -0.4 is 9.64 Å². The Morgan fingerprint density at radius 2 is 1.96 bits per heavy atom. The van der Waals surface area contributed by atoms with Gasteiger partial charge >= 0.3 is 0 Å². The van der Waals surface area contributed by atoms with E-state index in [1.807, 2.05) is 12.1 Å². The second-order valence-corrected chi connectivity index (χ2v) is 5.82. The van der Waals surface area contributed by atoms with Gasteiger partial charge in [0.05, 0.1) is 24.8 Å². The van der Waals surface area contributed by atoms with E-state index in [-0.39, 0.29) is 11.7 Å². The standard InChI is InChI=1S/C17H15N3O3S/c1-23-15-9-5-3-7-13(15)20-16(22)11-24-17(20)19-18-10-12-6-2-4-8-14(12)21/h2-10,21H,11H2,1H3/b18-10+,19-17?. The summed E-state index contributed by atoms with van der Waals surface area (Å²) in [6.45, 7) is 0. The molecule has 0 saturated carbocycles. The molecule has 24 heavy (non-hydrogen) atoms. The Balaban J connectivity index is 1.89. The molecule has 1 N–H and O–H groups in total. The average molecular weight is 341 g/mol. The highest BCUT2D eigenvalue weighted by molar-refractivity contribution is 8.15. The van der Waals surface area contributed by atoms with Crippen molar-refractivity contribution in [3.05, 3.63) is 54.1 Å². The summed E-state index contributed by atoms with van der Waals surface area (Å²) in [5.41, 5.74) is 1.19. The Kier molecular flexibility index (Phi) is 4.81. The molecule has 0 atom stereocenters. The lowest BCUT2D eigenvalue weighted by Gasteiger charge is -2.17. The van der Waals surface area contributed by atoms with Crippen LogP contribution in [-0.4, -0.2) is 35.3 Å². The smallest absolute Gasteiger partial charge is 0.243 e. The highest BCUT2D eigenvalue weighted by atomic mass is 32.2. The van der Waals surface area contributed by atoms with Gasteiger partial charge in [0.25, 0.3) is 0 Å². The van der Waals surface area contributed by atoms with Crippen LogP contribution in [0.1, 0.15) is 5.56 Å². The number of methoxy groups -OCH3 is 1. The van der Waals surface area contributed by atoms with Gasteiger partial charge in [0, 0.05) is 5.56 Å². The van der Waals surface area contributed by atoms with Crippen LogP contribution in [0.4, 0.5) is 5.69 Å². The van der Waals surface area contributed by atoms with Crippen LogP contribution in [0.3, 0.4) is 0 Å². The SMILES string of the molecule is COc1ccccc1N1C(=O)CSC1=N/N=C/c1ccccc1O. The number of hydrogen-bond donors (Lipinski definition) is 1. The second kappa shape index (κ2) is 7.18. The molecule has 3 rings (SSSR count). The number of carbonyl (C=O) groups is 1. The van der Waals surface area contributed by atoms with Gasteiger partial charge in [-0.05, 0) is 24.3 Å². The van der Waals surface area contributed by atoms with Crippen LogP contribution in [0, 0.1) is 0 Å². The van der Waals surface area contributed by atoms with Crippen LogP contribution >= 0.6 is 11.8 Å². The van der Waals surface area contributed by atoms with Crippen LogP contribution in [0.25, 0.3) is 0 Å². The maximum Gasteiger partial charge on any atom is 0.243 e. The summed E-state index contributed by atoms with van der Waals surface area (Å²) in [6.07, 6.45) is 1.45. The summed E-state index contributed by atoms with van der Waals surface area (Å²) >= 11 is 1.31. The highest BCUT2D eigenvalue weighted by Gasteiger charge is 2.31. The summed E-state index contributed by atoms with van der Waals surface area (Å²) < 4.78 is 5.31. The number of ether oxygens (including phenoxy) is 1. The number of benzene rings is 2. The van der Waals surface area contributed by atoms with E-state index in [1.54, 1.807) is 43.5 Å². The molecule has 0 unspecified atom stereocenters. The first-order valence-corrected chi connectivity index (χ1v) is 8.17. The van der Waals surface area contributed by atoms with Crippen molar-refractivity contribution in [3.8, 4) is 11.5 Å². The van der Waals surface area contributed by atoms with Gasteiger partial charge in [0.15, 0.2) is 5.17 Å². The number of amides is 1. The number of phenols is 1. The first-order chi connectivity index (χ1) is 11.7. The summed E-state index contributed by atoms with van der Waals surface area (Å²) in [5.74, 6) is 0.924. The maximum absolute atomic E-state index is 12.2. The molecule has 0 aliphatic carbocycles. The summed E-state index contributed by atoms with van der Waals surface area (Å²) in [6, 6.07) is 14.1. The first kappa shape index (κ1) is 16.1. The lowest BCUT2D eigenvalue weighted by molar-refractivity contribution is -0.115. The van der Waals surface area contributed by atoms with E-state index in [4.69, 9.17) is 4.74 Å². The van der Waals surface area contributed by atoms with Crippen molar-refractivity contribution < 1.29 is 14.6 Å². The fourth-order valence-corrected chi connectivity index (χ4v) is 3.04. The number of rotatable bonds is 4. The van der Waals surface area contributed by atoms with Crippen LogP contribution in [0.5, 0.6) is 11.5 Å². The average Bonchev–Trinajstić information content (AvgIpc) is 2.97. The third-order valence-corrected chi connectivity index (χ3v) is 4.28. The Bertz CT molecular complexity index is 820. The molecule has 1 amide bonds. The zero-order valence-corrected chi connectivity index (χ0v) is 13.7. The maximum atomic E-state index is 12.2. The van der Waals surface area contributed by atoms with Crippen molar-refractivity contribution in [2.75, 3.05) is 17.8 Å². The van der Waals surface area contributed by atoms with Gasteiger partial charge in [0.2, 0.25) is 5.91 Å². The number of para-hydroxylation sites is 3. The van der Waals surface area contributed by atoms with Gasteiger partial charge in [-0.15, -0.1) is 5.10 Å². The molecule has 0 bridgehead atoms. The summed E-state index contributed by atoms with van der Waals surface area (Å²) in [7, 11) is 1.56. The van der Waals surface area contributed by atoms with E-state index in [1.165, 1.54) is 22.9 Å². The van der Waals surface area contributed by atoms with Gasteiger partial charge in [-0.1, -0.05) is 36.0 Å². The third kappa shape index (κ3) is 3.26. The lowest BCUT2D eigenvalue weighted by Crippen LogP contribution is -2.29. The van der Waals surface area contributed by atoms with Crippen molar-refractivity contribution in [1.29, 1.82) is 0 Å². The summed E-state index contributed by atoms with van der Waals surface area (Å²) in [5, 5.41) is 18.3. The number of hydrogen-bond acceptors (Lipinski definition) is 6. The minimum Gasteiger partial charge on any atom is -0.507 e.